The molecule has 1 aromatic carbocycles. The van der Waals surface area contributed by atoms with E-state index in [2.05, 4.69) is 0 Å². The summed E-state index contributed by atoms with van der Waals surface area (Å²) in [7, 11) is 1.42. The Bertz CT molecular complexity index is 528. The normalized spacial score (nSPS) is 10.6. The SMILES string of the molecule is COc1c(C(C)=O)oc2c(F)cccc12. The molecule has 15 heavy (non-hydrogen) atoms. The monoisotopic (exact) mass is 208 g/mol. The molecule has 0 unspecified atom stereocenters. The van der Waals surface area contributed by atoms with Gasteiger partial charge in [0.15, 0.2) is 22.9 Å². The number of hydrogen-bond acceptors (Lipinski definition) is 3. The van der Waals surface area contributed by atoms with Gasteiger partial charge in [-0.1, -0.05) is 6.07 Å². The molecule has 0 N–H and O–H groups in total. The van der Waals surface area contributed by atoms with Crippen molar-refractivity contribution in [3.05, 3.63) is 29.8 Å². The molecule has 0 atom stereocenters. The summed E-state index contributed by atoms with van der Waals surface area (Å²) in [6.07, 6.45) is 0. The Morgan fingerprint density at radius 1 is 1.47 bits per heavy atom. The van der Waals surface area contributed by atoms with Crippen LogP contribution < -0.4 is 4.74 Å². The second-order valence-electron chi connectivity index (χ2n) is 3.14. The number of hydrogen-bond donors (Lipinski definition) is 0. The number of para-hydroxylation sites is 1. The van der Waals surface area contributed by atoms with Crippen molar-refractivity contribution in [2.45, 2.75) is 6.92 Å². The minimum atomic E-state index is -0.502. The summed E-state index contributed by atoms with van der Waals surface area (Å²) in [5, 5.41) is 0.475. The summed E-state index contributed by atoms with van der Waals surface area (Å²) in [6, 6.07) is 4.46. The number of ketones is 1. The number of carbonyl (C=O) groups excluding carboxylic acids is 1. The Labute approximate surface area is 85.4 Å². The molecule has 0 aliphatic heterocycles. The van der Waals surface area contributed by atoms with Crippen molar-refractivity contribution in [1.29, 1.82) is 0 Å². The van der Waals surface area contributed by atoms with Crippen molar-refractivity contribution >= 4 is 16.8 Å². The average Bonchev–Trinajstić information content (AvgIpc) is 2.57. The van der Waals surface area contributed by atoms with Gasteiger partial charge in [0.25, 0.3) is 0 Å². The Morgan fingerprint density at radius 2 is 2.20 bits per heavy atom. The lowest BCUT2D eigenvalue weighted by molar-refractivity contribution is 0.0985. The third-order valence-electron chi connectivity index (χ3n) is 2.15. The quantitative estimate of drug-likeness (QED) is 0.712. The molecule has 0 fully saturated rings. The zero-order chi connectivity index (χ0) is 11.0. The molecule has 3 nitrogen and oxygen atoms in total. The molecule has 0 saturated heterocycles. The van der Waals surface area contributed by atoms with Crippen LogP contribution in [0.4, 0.5) is 4.39 Å². The van der Waals surface area contributed by atoms with Gasteiger partial charge in [-0.15, -0.1) is 0 Å². The maximum atomic E-state index is 13.3. The van der Waals surface area contributed by atoms with E-state index in [0.717, 1.165) is 0 Å². The highest BCUT2D eigenvalue weighted by molar-refractivity contribution is 6.01. The van der Waals surface area contributed by atoms with Crippen LogP contribution >= 0.6 is 0 Å². The summed E-state index contributed by atoms with van der Waals surface area (Å²) >= 11 is 0. The Balaban J connectivity index is 2.84. The first-order valence-corrected chi connectivity index (χ1v) is 4.41. The molecule has 1 aromatic heterocycles. The number of furan rings is 1. The van der Waals surface area contributed by atoms with E-state index < -0.39 is 5.82 Å². The molecule has 0 aliphatic carbocycles. The van der Waals surface area contributed by atoms with E-state index in [1.165, 1.54) is 20.1 Å². The highest BCUT2D eigenvalue weighted by atomic mass is 19.1. The Kier molecular flexibility index (Phi) is 2.19. The Morgan fingerprint density at radius 3 is 2.80 bits per heavy atom. The predicted molar refractivity (Wildman–Crippen MR) is 52.7 cm³/mol. The van der Waals surface area contributed by atoms with Crippen molar-refractivity contribution in [1.82, 2.24) is 0 Å². The summed E-state index contributed by atoms with van der Waals surface area (Å²) in [5.41, 5.74) is 0.0551. The van der Waals surface area contributed by atoms with Crippen molar-refractivity contribution in [3.8, 4) is 5.75 Å². The van der Waals surface area contributed by atoms with E-state index >= 15 is 0 Å². The minimum absolute atomic E-state index is 0.0533. The van der Waals surface area contributed by atoms with Crippen LogP contribution in [0, 0.1) is 5.82 Å². The van der Waals surface area contributed by atoms with Crippen LogP contribution in [0.25, 0.3) is 11.0 Å². The van der Waals surface area contributed by atoms with Crippen molar-refractivity contribution in [2.24, 2.45) is 0 Å². The molecular weight excluding hydrogens is 199 g/mol. The van der Waals surface area contributed by atoms with E-state index in [0.29, 0.717) is 5.39 Å². The minimum Gasteiger partial charge on any atom is -0.492 e. The molecule has 0 saturated carbocycles. The highest BCUT2D eigenvalue weighted by Crippen LogP contribution is 2.34. The number of halogens is 1. The van der Waals surface area contributed by atoms with Gasteiger partial charge in [-0.3, -0.25) is 4.79 Å². The molecule has 0 bridgehead atoms. The van der Waals surface area contributed by atoms with Crippen LogP contribution in [-0.2, 0) is 0 Å². The van der Waals surface area contributed by atoms with Gasteiger partial charge < -0.3 is 9.15 Å². The number of Topliss-reactive ketones (excluding diaryl/α,β-unsaturated/α-hetero) is 1. The second kappa shape index (κ2) is 3.38. The number of benzene rings is 1. The first-order valence-electron chi connectivity index (χ1n) is 4.41. The highest BCUT2D eigenvalue weighted by Gasteiger charge is 2.20. The maximum absolute atomic E-state index is 13.3. The number of methoxy groups -OCH3 is 1. The first-order chi connectivity index (χ1) is 7.15. The first kappa shape index (κ1) is 9.71. The van der Waals surface area contributed by atoms with E-state index in [-0.39, 0.29) is 22.9 Å². The molecule has 2 rings (SSSR count). The van der Waals surface area contributed by atoms with Crippen LogP contribution in [0.1, 0.15) is 17.5 Å². The largest absolute Gasteiger partial charge is 0.492 e. The van der Waals surface area contributed by atoms with Crippen molar-refractivity contribution < 1.29 is 18.3 Å². The fourth-order valence-corrected chi connectivity index (χ4v) is 1.50. The van der Waals surface area contributed by atoms with Crippen LogP contribution in [0.3, 0.4) is 0 Å². The summed E-state index contributed by atoms with van der Waals surface area (Å²) < 4.78 is 23.5. The Hall–Kier alpha value is -1.84. The van der Waals surface area contributed by atoms with Crippen LogP contribution in [0.15, 0.2) is 22.6 Å². The second-order valence-corrected chi connectivity index (χ2v) is 3.14. The zero-order valence-corrected chi connectivity index (χ0v) is 8.33. The molecule has 0 aliphatic rings. The average molecular weight is 208 g/mol. The fourth-order valence-electron chi connectivity index (χ4n) is 1.50. The maximum Gasteiger partial charge on any atom is 0.212 e. The lowest BCUT2D eigenvalue weighted by Crippen LogP contribution is -1.92. The van der Waals surface area contributed by atoms with E-state index in [1.807, 2.05) is 0 Å². The summed E-state index contributed by atoms with van der Waals surface area (Å²) in [5.74, 6) is -0.449. The summed E-state index contributed by atoms with van der Waals surface area (Å²) in [6.45, 7) is 1.35. The van der Waals surface area contributed by atoms with Crippen LogP contribution in [-0.4, -0.2) is 12.9 Å². The molecular formula is C11H9FO3. The van der Waals surface area contributed by atoms with Crippen molar-refractivity contribution in [2.75, 3.05) is 7.11 Å². The van der Waals surface area contributed by atoms with Gasteiger partial charge in [-0.25, -0.2) is 4.39 Å². The van der Waals surface area contributed by atoms with E-state index in [1.54, 1.807) is 12.1 Å². The van der Waals surface area contributed by atoms with E-state index in [9.17, 15) is 9.18 Å². The van der Waals surface area contributed by atoms with Gasteiger partial charge in [0, 0.05) is 6.92 Å². The standard InChI is InChI=1S/C11H9FO3/c1-6(13)9-11(14-2)7-4-3-5-8(12)10(7)15-9/h3-5H,1-2H3. The lowest BCUT2D eigenvalue weighted by atomic mass is 10.2. The third kappa shape index (κ3) is 1.38. The molecule has 1 heterocycles. The van der Waals surface area contributed by atoms with E-state index in [4.69, 9.17) is 9.15 Å². The van der Waals surface area contributed by atoms with Crippen LogP contribution in [0.5, 0.6) is 5.75 Å². The van der Waals surface area contributed by atoms with Crippen molar-refractivity contribution in [3.63, 3.8) is 0 Å². The van der Waals surface area contributed by atoms with Gasteiger partial charge in [-0.2, -0.15) is 0 Å². The smallest absolute Gasteiger partial charge is 0.212 e. The predicted octanol–water partition coefficient (Wildman–Crippen LogP) is 2.78. The summed E-state index contributed by atoms with van der Waals surface area (Å²) in [4.78, 5) is 11.2. The van der Waals surface area contributed by atoms with Crippen LogP contribution in [0.2, 0.25) is 0 Å². The topological polar surface area (TPSA) is 39.4 Å². The molecule has 0 amide bonds. The molecule has 0 spiro atoms. The number of carbonyl (C=O) groups is 1. The molecule has 4 heteroatoms. The van der Waals surface area contributed by atoms with Gasteiger partial charge in [0.1, 0.15) is 0 Å². The molecule has 0 radical (unpaired) electrons. The van der Waals surface area contributed by atoms with Gasteiger partial charge >= 0.3 is 0 Å². The zero-order valence-electron chi connectivity index (χ0n) is 8.33. The number of ether oxygens (including phenoxy) is 1. The third-order valence-corrected chi connectivity index (χ3v) is 2.15. The fraction of sp³-hybridized carbons (Fsp3) is 0.182. The van der Waals surface area contributed by atoms with Gasteiger partial charge in [-0.05, 0) is 12.1 Å². The molecule has 78 valence electrons. The molecule has 2 aromatic rings. The van der Waals surface area contributed by atoms with Gasteiger partial charge in [0.2, 0.25) is 5.76 Å². The lowest BCUT2D eigenvalue weighted by Gasteiger charge is -1.96. The van der Waals surface area contributed by atoms with Gasteiger partial charge in [0.05, 0.1) is 12.5 Å². The number of fused-ring (bicyclic) bond motifs is 1. The number of rotatable bonds is 2.